The third kappa shape index (κ3) is 1.90. The molecule has 1 rings (SSSR count). The normalized spacial score (nSPS) is 24.1. The lowest BCUT2D eigenvalue weighted by Crippen LogP contribution is -2.34. The van der Waals surface area contributed by atoms with Crippen molar-refractivity contribution in [1.82, 2.24) is 5.32 Å². The van der Waals surface area contributed by atoms with Gasteiger partial charge in [-0.2, -0.15) is 0 Å². The molecular formula is C7H15N3. The summed E-state index contributed by atoms with van der Waals surface area (Å²) in [5.41, 5.74) is 5.44. The minimum absolute atomic E-state index is 0.514. The first kappa shape index (κ1) is 7.38. The van der Waals surface area contributed by atoms with Gasteiger partial charge in [-0.05, 0) is 6.42 Å². The molecule has 1 heterocycles. The second-order valence-corrected chi connectivity index (χ2v) is 2.71. The van der Waals surface area contributed by atoms with Gasteiger partial charge in [0.25, 0.3) is 0 Å². The van der Waals surface area contributed by atoms with Crippen molar-refractivity contribution in [2.75, 3.05) is 6.54 Å². The molecular weight excluding hydrogens is 126 g/mol. The van der Waals surface area contributed by atoms with E-state index in [4.69, 9.17) is 5.73 Å². The van der Waals surface area contributed by atoms with Crippen molar-refractivity contribution < 1.29 is 0 Å². The topological polar surface area (TPSA) is 50.4 Å². The van der Waals surface area contributed by atoms with Crippen LogP contribution < -0.4 is 11.1 Å². The highest BCUT2D eigenvalue weighted by molar-refractivity contribution is 5.79. The van der Waals surface area contributed by atoms with Crippen LogP contribution >= 0.6 is 0 Å². The van der Waals surface area contributed by atoms with Crippen LogP contribution in [0.15, 0.2) is 4.99 Å². The van der Waals surface area contributed by atoms with Crippen LogP contribution in [0.25, 0.3) is 0 Å². The molecule has 1 atom stereocenters. The molecule has 0 aromatic heterocycles. The number of nitrogens with one attached hydrogen (secondary N) is 1. The smallest absolute Gasteiger partial charge is 0.188 e. The Labute approximate surface area is 61.7 Å². The van der Waals surface area contributed by atoms with Crippen molar-refractivity contribution in [2.24, 2.45) is 10.7 Å². The fourth-order valence-electron chi connectivity index (χ4n) is 1.12. The average molecular weight is 141 g/mol. The monoisotopic (exact) mass is 141 g/mol. The van der Waals surface area contributed by atoms with Crippen LogP contribution in [0.2, 0.25) is 0 Å². The third-order valence-corrected chi connectivity index (χ3v) is 1.74. The lowest BCUT2D eigenvalue weighted by atomic mass is 10.1. The number of guanidine groups is 1. The molecule has 0 saturated heterocycles. The van der Waals surface area contributed by atoms with Crippen LogP contribution in [0.5, 0.6) is 0 Å². The molecule has 3 nitrogen and oxygen atoms in total. The highest BCUT2D eigenvalue weighted by atomic mass is 15.2. The Kier molecular flexibility index (Phi) is 2.54. The van der Waals surface area contributed by atoms with E-state index >= 15 is 0 Å². The molecule has 1 aliphatic rings. The van der Waals surface area contributed by atoms with Crippen molar-refractivity contribution in [3.63, 3.8) is 0 Å². The van der Waals surface area contributed by atoms with E-state index in [0.29, 0.717) is 12.0 Å². The van der Waals surface area contributed by atoms with Crippen molar-refractivity contribution in [2.45, 2.75) is 32.2 Å². The minimum Gasteiger partial charge on any atom is -0.370 e. The molecule has 0 aromatic carbocycles. The molecule has 1 unspecified atom stereocenters. The predicted molar refractivity (Wildman–Crippen MR) is 42.9 cm³/mol. The van der Waals surface area contributed by atoms with Gasteiger partial charge in [-0.25, -0.2) is 0 Å². The molecule has 0 spiro atoms. The number of aliphatic imine (C=N–C) groups is 1. The molecule has 3 N–H and O–H groups in total. The van der Waals surface area contributed by atoms with Crippen LogP contribution in [0.1, 0.15) is 26.2 Å². The van der Waals surface area contributed by atoms with Gasteiger partial charge >= 0.3 is 0 Å². The summed E-state index contributed by atoms with van der Waals surface area (Å²) < 4.78 is 0. The Morgan fingerprint density at radius 2 is 2.60 bits per heavy atom. The zero-order chi connectivity index (χ0) is 7.40. The minimum atomic E-state index is 0.514. The maximum atomic E-state index is 5.44. The molecule has 10 heavy (non-hydrogen) atoms. The van der Waals surface area contributed by atoms with Gasteiger partial charge in [0.1, 0.15) is 0 Å². The molecule has 3 heteroatoms. The summed E-state index contributed by atoms with van der Waals surface area (Å²) in [5, 5.41) is 3.12. The molecule has 0 radical (unpaired) electrons. The Morgan fingerprint density at radius 3 is 3.10 bits per heavy atom. The number of nitrogens with two attached hydrogens (primary N) is 1. The van der Waals surface area contributed by atoms with Gasteiger partial charge in [-0.15, -0.1) is 0 Å². The first-order valence-electron chi connectivity index (χ1n) is 3.89. The van der Waals surface area contributed by atoms with E-state index in [1.807, 2.05) is 0 Å². The lowest BCUT2D eigenvalue weighted by Gasteiger charge is -2.08. The quantitative estimate of drug-likeness (QED) is 0.600. The van der Waals surface area contributed by atoms with Gasteiger partial charge in [-0.3, -0.25) is 4.99 Å². The van der Waals surface area contributed by atoms with Crippen molar-refractivity contribution in [3.05, 3.63) is 0 Å². The Hall–Kier alpha value is -0.730. The van der Waals surface area contributed by atoms with Crippen LogP contribution in [0.3, 0.4) is 0 Å². The van der Waals surface area contributed by atoms with E-state index < -0.39 is 0 Å². The SMILES string of the molecule is CCCCC1CN=C(N)N1. The Bertz CT molecular complexity index is 131. The number of hydrogen-bond acceptors (Lipinski definition) is 3. The van der Waals surface area contributed by atoms with E-state index in [2.05, 4.69) is 17.2 Å². The van der Waals surface area contributed by atoms with E-state index in [1.165, 1.54) is 19.3 Å². The van der Waals surface area contributed by atoms with Gasteiger partial charge in [0.2, 0.25) is 0 Å². The second-order valence-electron chi connectivity index (χ2n) is 2.71. The molecule has 58 valence electrons. The highest BCUT2D eigenvalue weighted by Gasteiger charge is 2.13. The van der Waals surface area contributed by atoms with Crippen molar-refractivity contribution in [3.8, 4) is 0 Å². The molecule has 0 aliphatic carbocycles. The zero-order valence-corrected chi connectivity index (χ0v) is 6.43. The number of rotatable bonds is 3. The van der Waals surface area contributed by atoms with Crippen molar-refractivity contribution in [1.29, 1.82) is 0 Å². The summed E-state index contributed by atoms with van der Waals surface area (Å²) in [6.45, 7) is 3.06. The maximum absolute atomic E-state index is 5.44. The molecule has 0 aromatic rings. The van der Waals surface area contributed by atoms with Gasteiger partial charge in [-0.1, -0.05) is 19.8 Å². The fraction of sp³-hybridized carbons (Fsp3) is 0.857. The first-order valence-corrected chi connectivity index (χ1v) is 3.89. The van der Waals surface area contributed by atoms with E-state index in [1.54, 1.807) is 0 Å². The zero-order valence-electron chi connectivity index (χ0n) is 6.43. The molecule has 1 aliphatic heterocycles. The predicted octanol–water partition coefficient (Wildman–Crippen LogP) is 0.463. The van der Waals surface area contributed by atoms with Crippen molar-refractivity contribution >= 4 is 5.96 Å². The standard InChI is InChI=1S/C7H15N3/c1-2-3-4-6-5-9-7(8)10-6/h6H,2-5H2,1H3,(H3,8,9,10). The van der Waals surface area contributed by atoms with Crippen LogP contribution in [-0.2, 0) is 0 Å². The van der Waals surface area contributed by atoms with Gasteiger partial charge < -0.3 is 11.1 Å². The number of hydrogen-bond donors (Lipinski definition) is 2. The molecule has 0 fully saturated rings. The molecule has 0 bridgehead atoms. The Morgan fingerprint density at radius 1 is 1.80 bits per heavy atom. The number of unbranched alkanes of at least 4 members (excludes halogenated alkanes) is 1. The average Bonchev–Trinajstić information content (AvgIpc) is 2.31. The summed E-state index contributed by atoms with van der Waals surface area (Å²) in [6, 6.07) is 0.514. The lowest BCUT2D eigenvalue weighted by molar-refractivity contribution is 0.566. The van der Waals surface area contributed by atoms with E-state index in [0.717, 1.165) is 6.54 Å². The largest absolute Gasteiger partial charge is 0.370 e. The van der Waals surface area contributed by atoms with Crippen LogP contribution in [-0.4, -0.2) is 18.5 Å². The summed E-state index contributed by atoms with van der Waals surface area (Å²) in [5.74, 6) is 0.612. The maximum Gasteiger partial charge on any atom is 0.188 e. The van der Waals surface area contributed by atoms with Gasteiger partial charge in [0.15, 0.2) is 5.96 Å². The third-order valence-electron chi connectivity index (χ3n) is 1.74. The van der Waals surface area contributed by atoms with Crippen LogP contribution in [0.4, 0.5) is 0 Å². The fourth-order valence-corrected chi connectivity index (χ4v) is 1.12. The summed E-state index contributed by atoms with van der Waals surface area (Å²) in [4.78, 5) is 4.05. The Balaban J connectivity index is 2.11. The summed E-state index contributed by atoms with van der Waals surface area (Å²) in [7, 11) is 0. The summed E-state index contributed by atoms with van der Waals surface area (Å²) >= 11 is 0. The highest BCUT2D eigenvalue weighted by Crippen LogP contribution is 2.03. The summed E-state index contributed by atoms with van der Waals surface area (Å²) in [6.07, 6.45) is 3.71. The second kappa shape index (κ2) is 3.44. The van der Waals surface area contributed by atoms with Gasteiger partial charge in [0.05, 0.1) is 6.54 Å². The molecule has 0 saturated carbocycles. The molecule has 0 amide bonds. The van der Waals surface area contributed by atoms with Gasteiger partial charge in [0, 0.05) is 6.04 Å². The van der Waals surface area contributed by atoms with E-state index in [9.17, 15) is 0 Å². The van der Waals surface area contributed by atoms with E-state index in [-0.39, 0.29) is 0 Å². The first-order chi connectivity index (χ1) is 4.83. The number of nitrogens with zero attached hydrogens (tertiary/aromatic N) is 1. The van der Waals surface area contributed by atoms with Crippen LogP contribution in [0, 0.1) is 0 Å².